The van der Waals surface area contributed by atoms with Gasteiger partial charge in [0.2, 0.25) is 0 Å². The van der Waals surface area contributed by atoms with E-state index >= 15 is 0 Å². The average molecular weight is 995 g/mol. The number of hydrogen-bond acceptors (Lipinski definition) is 4. The Kier molecular flexibility index (Phi) is 17.0. The van der Waals surface area contributed by atoms with Crippen LogP contribution in [0.5, 0.6) is 5.75 Å². The maximum absolute atomic E-state index is 12.4. The summed E-state index contributed by atoms with van der Waals surface area (Å²) in [6, 6.07) is 95.5. The molecule has 11 aromatic rings. The molecule has 0 bridgehead atoms. The fourth-order valence-electron chi connectivity index (χ4n) is 8.52. The minimum atomic E-state index is -0.811. The van der Waals surface area contributed by atoms with Crippen LogP contribution >= 0.6 is 35.1 Å². The summed E-state index contributed by atoms with van der Waals surface area (Å²) >= 11 is 1.92. The number of carbonyl (C=O) groups is 1. The van der Waals surface area contributed by atoms with Crippen LogP contribution in [0.1, 0.15) is 17.3 Å². The van der Waals surface area contributed by atoms with Crippen LogP contribution in [0.2, 0.25) is 0 Å². The molecule has 0 atom stereocenters. The molecule has 7 heteroatoms. The van der Waals surface area contributed by atoms with Crippen molar-refractivity contribution in [1.29, 1.82) is 0 Å². The van der Waals surface area contributed by atoms with Gasteiger partial charge in [-0.15, -0.1) is 11.3 Å². The first-order valence-corrected chi connectivity index (χ1v) is 28.5. The predicted molar refractivity (Wildman–Crippen MR) is 311 cm³/mol. The maximum atomic E-state index is 12.4. The standard InChI is InChI=1S/C24H17PS.C21H19O2P.C19H17OP/c1-3-10-18(11-4-1)25(19-12-5-2-6-13-19)22-16-9-15-21-20-14-7-8-17-23(20)26-24(21)22;1-2-23-21(22)19-15-9-10-16-20(19)24(17-11-5-3-6-12-17)18-13-7-4-8-14-18;1-20-18-14-8-9-15-19(18)21(16-10-4-2-5-11-16)17-12-6-3-7-13-17/h1-17H;3-16H,2H2,1H3;2-15H,1H3. The van der Waals surface area contributed by atoms with Gasteiger partial charge in [-0.05, 0) is 86.0 Å². The molecule has 3 nitrogen and oxygen atoms in total. The molecule has 0 aliphatic heterocycles. The van der Waals surface area contributed by atoms with E-state index in [4.69, 9.17) is 9.47 Å². The van der Waals surface area contributed by atoms with Gasteiger partial charge in [0.15, 0.2) is 0 Å². The Balaban J connectivity index is 0.000000133. The van der Waals surface area contributed by atoms with E-state index < -0.39 is 23.8 Å². The van der Waals surface area contributed by atoms with Crippen LogP contribution in [-0.2, 0) is 4.74 Å². The molecule has 1 aromatic heterocycles. The van der Waals surface area contributed by atoms with E-state index in [1.165, 1.54) is 62.6 Å². The van der Waals surface area contributed by atoms with E-state index in [0.29, 0.717) is 12.2 Å². The molecule has 348 valence electrons. The highest BCUT2D eigenvalue weighted by Gasteiger charge is 2.24. The first-order chi connectivity index (χ1) is 35.1. The summed E-state index contributed by atoms with van der Waals surface area (Å²) in [5.41, 5.74) is 0.651. The molecular formula is C64H53O3P3S. The summed E-state index contributed by atoms with van der Waals surface area (Å²) in [6.45, 7) is 2.21. The summed E-state index contributed by atoms with van der Waals surface area (Å²) in [5.74, 6) is 0.698. The van der Waals surface area contributed by atoms with Crippen molar-refractivity contribution in [3.8, 4) is 5.75 Å². The lowest BCUT2D eigenvalue weighted by Crippen LogP contribution is -2.25. The molecule has 0 saturated heterocycles. The van der Waals surface area contributed by atoms with Gasteiger partial charge in [-0.2, -0.15) is 0 Å². The zero-order valence-corrected chi connectivity index (χ0v) is 43.2. The Morgan fingerprint density at radius 3 is 1.20 bits per heavy atom. The number of rotatable bonds is 12. The van der Waals surface area contributed by atoms with Crippen LogP contribution in [0.4, 0.5) is 0 Å². The van der Waals surface area contributed by atoms with E-state index in [-0.39, 0.29) is 5.97 Å². The number of methoxy groups -OCH3 is 1. The molecule has 0 N–H and O–H groups in total. The number of carbonyl (C=O) groups excluding carboxylic acids is 1. The second-order valence-electron chi connectivity index (χ2n) is 16.2. The summed E-state index contributed by atoms with van der Waals surface area (Å²) in [4.78, 5) is 12.4. The van der Waals surface area contributed by atoms with Gasteiger partial charge in [-0.1, -0.05) is 255 Å². The minimum Gasteiger partial charge on any atom is -0.496 e. The molecule has 0 unspecified atom stereocenters. The van der Waals surface area contributed by atoms with Crippen LogP contribution < -0.4 is 52.5 Å². The first-order valence-electron chi connectivity index (χ1n) is 23.6. The van der Waals surface area contributed by atoms with Crippen molar-refractivity contribution in [1.82, 2.24) is 0 Å². The van der Waals surface area contributed by atoms with Gasteiger partial charge in [0.05, 0.1) is 19.3 Å². The molecule has 0 aliphatic carbocycles. The van der Waals surface area contributed by atoms with E-state index in [0.717, 1.165) is 11.1 Å². The van der Waals surface area contributed by atoms with Crippen molar-refractivity contribution < 1.29 is 14.3 Å². The predicted octanol–water partition coefficient (Wildman–Crippen LogP) is 12.9. The molecule has 10 aromatic carbocycles. The molecule has 1 heterocycles. The van der Waals surface area contributed by atoms with Crippen molar-refractivity contribution in [3.63, 3.8) is 0 Å². The third-order valence-electron chi connectivity index (χ3n) is 11.7. The fraction of sp³-hybridized carbons (Fsp3) is 0.0469. The van der Waals surface area contributed by atoms with Crippen LogP contribution in [0.3, 0.4) is 0 Å². The van der Waals surface area contributed by atoms with Gasteiger partial charge in [-0.25, -0.2) is 4.79 Å². The van der Waals surface area contributed by atoms with E-state index in [1.54, 1.807) is 7.11 Å². The van der Waals surface area contributed by atoms with Gasteiger partial charge in [0.25, 0.3) is 0 Å². The number of benzene rings is 10. The quantitative estimate of drug-likeness (QED) is 0.0904. The van der Waals surface area contributed by atoms with Gasteiger partial charge in [0, 0.05) is 30.8 Å². The van der Waals surface area contributed by atoms with Crippen molar-refractivity contribution in [2.75, 3.05) is 13.7 Å². The number of esters is 1. The summed E-state index contributed by atoms with van der Waals surface area (Å²) in [6.07, 6.45) is 0. The number of para-hydroxylation sites is 1. The average Bonchev–Trinajstić information content (AvgIpc) is 3.83. The maximum Gasteiger partial charge on any atom is 0.338 e. The Morgan fingerprint density at radius 1 is 0.380 bits per heavy atom. The number of ether oxygens (including phenoxy) is 2. The Hall–Kier alpha value is -7.02. The molecule has 0 radical (unpaired) electrons. The van der Waals surface area contributed by atoms with Crippen LogP contribution in [0, 0.1) is 0 Å². The highest BCUT2D eigenvalue weighted by molar-refractivity contribution is 7.81. The van der Waals surface area contributed by atoms with Crippen LogP contribution in [-0.4, -0.2) is 19.7 Å². The smallest absolute Gasteiger partial charge is 0.338 e. The third-order valence-corrected chi connectivity index (χ3v) is 20.5. The monoisotopic (exact) mass is 994 g/mol. The largest absolute Gasteiger partial charge is 0.496 e. The molecule has 0 aliphatic rings. The lowest BCUT2D eigenvalue weighted by molar-refractivity contribution is 0.0528. The second kappa shape index (κ2) is 24.7. The Bertz CT molecular complexity index is 3270. The molecule has 0 spiro atoms. The molecule has 11 rings (SSSR count). The highest BCUT2D eigenvalue weighted by Crippen LogP contribution is 2.41. The van der Waals surface area contributed by atoms with Crippen LogP contribution in [0.15, 0.2) is 273 Å². The van der Waals surface area contributed by atoms with E-state index in [2.05, 4.69) is 200 Å². The first kappa shape index (κ1) is 49.0. The lowest BCUT2D eigenvalue weighted by Gasteiger charge is -2.21. The highest BCUT2D eigenvalue weighted by atomic mass is 32.1. The van der Waals surface area contributed by atoms with E-state index in [9.17, 15) is 4.79 Å². The lowest BCUT2D eigenvalue weighted by atomic mass is 10.1. The van der Waals surface area contributed by atoms with Gasteiger partial charge in [0.1, 0.15) is 5.75 Å². The fourth-order valence-corrected chi connectivity index (χ4v) is 17.2. The summed E-state index contributed by atoms with van der Waals surface area (Å²) in [5, 5.41) is 14.4. The zero-order valence-electron chi connectivity index (χ0n) is 39.7. The van der Waals surface area contributed by atoms with Crippen molar-refractivity contribution in [3.05, 3.63) is 279 Å². The van der Waals surface area contributed by atoms with Gasteiger partial charge in [-0.3, -0.25) is 0 Å². The SMILES string of the molecule is CCOC(=O)c1ccccc1P(c1ccccc1)c1ccccc1.COc1ccccc1P(c1ccccc1)c1ccccc1.c1ccc(P(c2ccccc2)c2cccc3c2sc2ccccc23)cc1. The molecule has 0 fully saturated rings. The Labute approximate surface area is 425 Å². The van der Waals surface area contributed by atoms with Crippen molar-refractivity contribution >= 4 is 109 Å². The summed E-state index contributed by atoms with van der Waals surface area (Å²) in [7, 11) is -0.242. The van der Waals surface area contributed by atoms with Crippen molar-refractivity contribution in [2.24, 2.45) is 0 Å². The second-order valence-corrected chi connectivity index (χ2v) is 23.8. The number of hydrogen-bond donors (Lipinski definition) is 0. The zero-order chi connectivity index (χ0) is 48.6. The minimum absolute atomic E-state index is 0.257. The third kappa shape index (κ3) is 11.8. The van der Waals surface area contributed by atoms with E-state index in [1.807, 2.05) is 91.1 Å². The number of fused-ring (bicyclic) bond motifs is 3. The van der Waals surface area contributed by atoms with Gasteiger partial charge < -0.3 is 9.47 Å². The molecular weight excluding hydrogens is 942 g/mol. The topological polar surface area (TPSA) is 35.5 Å². The molecule has 0 saturated carbocycles. The van der Waals surface area contributed by atoms with Gasteiger partial charge >= 0.3 is 5.97 Å². The molecule has 0 amide bonds. The normalized spacial score (nSPS) is 10.9. The van der Waals surface area contributed by atoms with Crippen LogP contribution in [0.25, 0.3) is 20.2 Å². The van der Waals surface area contributed by atoms with Crippen molar-refractivity contribution in [2.45, 2.75) is 6.92 Å². The Morgan fingerprint density at radius 2 is 0.732 bits per heavy atom. The molecule has 71 heavy (non-hydrogen) atoms. The summed E-state index contributed by atoms with van der Waals surface area (Å²) < 4.78 is 13.6. The number of thiophene rings is 1.